The lowest BCUT2D eigenvalue weighted by atomic mass is 9.85. The third-order valence-corrected chi connectivity index (χ3v) is 4.22. The number of nitrogens with zero attached hydrogens (tertiary/aromatic N) is 1. The maximum atomic E-state index is 14.1. The number of carbonyl (C=O) groups is 1. The van der Waals surface area contributed by atoms with Crippen molar-refractivity contribution in [1.29, 1.82) is 0 Å². The van der Waals surface area contributed by atoms with E-state index in [-0.39, 0.29) is 23.8 Å². The molecule has 136 valence electrons. The minimum Gasteiger partial charge on any atom is -0.369 e. The van der Waals surface area contributed by atoms with Crippen LogP contribution in [0.25, 0.3) is 0 Å². The number of halogens is 3. The highest BCUT2D eigenvalue weighted by molar-refractivity contribution is 5.83. The molecule has 0 radical (unpaired) electrons. The van der Waals surface area contributed by atoms with Crippen molar-refractivity contribution in [2.75, 3.05) is 0 Å². The molecule has 25 heavy (non-hydrogen) atoms. The first kappa shape index (κ1) is 19.0. The predicted octanol–water partition coefficient (Wildman–Crippen LogP) is 3.89. The van der Waals surface area contributed by atoms with Crippen molar-refractivity contribution < 1.29 is 18.0 Å². The molecule has 0 aliphatic heterocycles. The van der Waals surface area contributed by atoms with E-state index in [2.05, 4.69) is 10.2 Å². The van der Waals surface area contributed by atoms with Crippen LogP contribution < -0.4 is 5.73 Å². The Bertz CT molecular complexity index is 759. The second-order valence-corrected chi connectivity index (χ2v) is 6.74. The zero-order valence-electron chi connectivity index (χ0n) is 14.7. The van der Waals surface area contributed by atoms with E-state index in [1.165, 1.54) is 0 Å². The Morgan fingerprint density at radius 2 is 1.76 bits per heavy atom. The van der Waals surface area contributed by atoms with E-state index in [0.29, 0.717) is 11.3 Å². The average molecular weight is 353 g/mol. The van der Waals surface area contributed by atoms with Gasteiger partial charge in [-0.25, -0.2) is 13.2 Å². The smallest absolute Gasteiger partial charge is 0.225 e. The lowest BCUT2D eigenvalue weighted by molar-refractivity contribution is -0.119. The van der Waals surface area contributed by atoms with Crippen LogP contribution in [0.5, 0.6) is 0 Å². The SMILES string of the molecule is CC(C)c1n[nH]c(C(C)C)c1C(Cc1ccc(F)c(F)c1F)C(N)=O. The first-order valence-corrected chi connectivity index (χ1v) is 8.14. The highest BCUT2D eigenvalue weighted by Crippen LogP contribution is 2.34. The van der Waals surface area contributed by atoms with Crippen molar-refractivity contribution in [2.24, 2.45) is 5.73 Å². The van der Waals surface area contributed by atoms with Gasteiger partial charge in [0.25, 0.3) is 0 Å². The van der Waals surface area contributed by atoms with Gasteiger partial charge in [-0.15, -0.1) is 0 Å². The molecule has 1 heterocycles. The van der Waals surface area contributed by atoms with Crippen LogP contribution in [0.15, 0.2) is 12.1 Å². The summed E-state index contributed by atoms with van der Waals surface area (Å²) in [7, 11) is 0. The molecule has 1 unspecified atom stereocenters. The molecule has 1 aromatic carbocycles. The summed E-state index contributed by atoms with van der Waals surface area (Å²) in [5, 5.41) is 7.20. The number of aromatic nitrogens is 2. The van der Waals surface area contributed by atoms with Gasteiger partial charge in [0.05, 0.1) is 11.6 Å². The fraction of sp³-hybridized carbons (Fsp3) is 0.444. The molecule has 2 rings (SSSR count). The monoisotopic (exact) mass is 353 g/mol. The van der Waals surface area contributed by atoms with Crippen LogP contribution in [-0.2, 0) is 11.2 Å². The summed E-state index contributed by atoms with van der Waals surface area (Å²) in [6, 6.07) is 1.97. The van der Waals surface area contributed by atoms with Gasteiger partial charge in [0.15, 0.2) is 17.5 Å². The lowest BCUT2D eigenvalue weighted by Crippen LogP contribution is -2.26. The van der Waals surface area contributed by atoms with Gasteiger partial charge in [-0.05, 0) is 29.9 Å². The largest absolute Gasteiger partial charge is 0.369 e. The molecule has 0 fully saturated rings. The minimum atomic E-state index is -1.55. The van der Waals surface area contributed by atoms with Gasteiger partial charge in [0.1, 0.15) is 0 Å². The Hall–Kier alpha value is -2.31. The maximum absolute atomic E-state index is 14.1. The van der Waals surface area contributed by atoms with Crippen LogP contribution in [-0.4, -0.2) is 16.1 Å². The Morgan fingerprint density at radius 3 is 2.28 bits per heavy atom. The van der Waals surface area contributed by atoms with Gasteiger partial charge >= 0.3 is 0 Å². The van der Waals surface area contributed by atoms with Crippen LogP contribution in [0, 0.1) is 17.5 Å². The zero-order valence-corrected chi connectivity index (χ0v) is 14.7. The molecule has 2 aromatic rings. The fourth-order valence-electron chi connectivity index (χ4n) is 2.91. The standard InChI is InChI=1S/C18H22F3N3O/c1-8(2)16-13(17(9(3)4)24-23-16)11(18(22)25)7-10-5-6-12(19)15(21)14(10)20/h5-6,8-9,11H,7H2,1-4H3,(H2,22,25)(H,23,24). The van der Waals surface area contributed by atoms with Crippen LogP contribution >= 0.6 is 0 Å². The van der Waals surface area contributed by atoms with Crippen LogP contribution in [0.2, 0.25) is 0 Å². The summed E-state index contributed by atoms with van der Waals surface area (Å²) in [5.41, 5.74) is 7.46. The average Bonchev–Trinajstić information content (AvgIpc) is 2.96. The van der Waals surface area contributed by atoms with E-state index in [1.54, 1.807) is 0 Å². The van der Waals surface area contributed by atoms with Gasteiger partial charge in [-0.1, -0.05) is 33.8 Å². The molecule has 0 aliphatic rings. The second-order valence-electron chi connectivity index (χ2n) is 6.74. The number of benzene rings is 1. The number of hydrogen-bond donors (Lipinski definition) is 2. The second kappa shape index (κ2) is 7.29. The Balaban J connectivity index is 2.55. The van der Waals surface area contributed by atoms with Gasteiger partial charge in [-0.3, -0.25) is 9.89 Å². The van der Waals surface area contributed by atoms with Gasteiger partial charge in [0, 0.05) is 11.3 Å². The van der Waals surface area contributed by atoms with E-state index in [0.717, 1.165) is 17.8 Å². The molecule has 3 N–H and O–H groups in total. The van der Waals surface area contributed by atoms with Gasteiger partial charge in [-0.2, -0.15) is 5.10 Å². The normalized spacial score (nSPS) is 12.8. The molecule has 1 aromatic heterocycles. The Labute approximate surface area is 144 Å². The molecule has 1 amide bonds. The van der Waals surface area contributed by atoms with E-state index in [4.69, 9.17) is 5.73 Å². The minimum absolute atomic E-state index is 0.00963. The molecule has 1 atom stereocenters. The zero-order chi connectivity index (χ0) is 18.9. The van der Waals surface area contributed by atoms with Crippen molar-refractivity contribution in [3.63, 3.8) is 0 Å². The molecular formula is C18H22F3N3O. The number of carbonyl (C=O) groups excluding carboxylic acids is 1. The first-order chi connectivity index (χ1) is 11.6. The van der Waals surface area contributed by atoms with E-state index in [9.17, 15) is 18.0 Å². The number of nitrogens with two attached hydrogens (primary N) is 1. The number of primary amides is 1. The number of amides is 1. The summed E-state index contributed by atoms with van der Waals surface area (Å²) < 4.78 is 40.7. The highest BCUT2D eigenvalue weighted by Gasteiger charge is 2.30. The molecule has 0 aliphatic carbocycles. The van der Waals surface area contributed by atoms with Crippen molar-refractivity contribution >= 4 is 5.91 Å². The molecular weight excluding hydrogens is 331 g/mol. The predicted molar refractivity (Wildman–Crippen MR) is 88.7 cm³/mol. The molecule has 0 bridgehead atoms. The molecule has 0 saturated carbocycles. The quantitative estimate of drug-likeness (QED) is 0.774. The number of H-pyrrole nitrogens is 1. The van der Waals surface area contributed by atoms with Crippen LogP contribution in [0.3, 0.4) is 0 Å². The topological polar surface area (TPSA) is 71.8 Å². The fourth-order valence-corrected chi connectivity index (χ4v) is 2.91. The maximum Gasteiger partial charge on any atom is 0.225 e. The number of hydrogen-bond acceptors (Lipinski definition) is 2. The third-order valence-electron chi connectivity index (χ3n) is 4.22. The Kier molecular flexibility index (Phi) is 5.55. The highest BCUT2D eigenvalue weighted by atomic mass is 19.2. The van der Waals surface area contributed by atoms with E-state index >= 15 is 0 Å². The molecule has 4 nitrogen and oxygen atoms in total. The first-order valence-electron chi connectivity index (χ1n) is 8.14. The summed E-state index contributed by atoms with van der Waals surface area (Å²) in [6.45, 7) is 7.69. The van der Waals surface area contributed by atoms with Crippen LogP contribution in [0.1, 0.15) is 68.0 Å². The molecule has 0 spiro atoms. The third kappa shape index (κ3) is 3.70. The van der Waals surface area contributed by atoms with Crippen molar-refractivity contribution in [3.05, 3.63) is 52.1 Å². The van der Waals surface area contributed by atoms with Crippen molar-refractivity contribution in [3.8, 4) is 0 Å². The Morgan fingerprint density at radius 1 is 1.12 bits per heavy atom. The summed E-state index contributed by atoms with van der Waals surface area (Å²) in [6.07, 6.45) is -0.169. The van der Waals surface area contributed by atoms with E-state index in [1.807, 2.05) is 27.7 Å². The van der Waals surface area contributed by atoms with E-state index < -0.39 is 29.3 Å². The number of rotatable bonds is 6. The van der Waals surface area contributed by atoms with Gasteiger partial charge < -0.3 is 5.73 Å². The summed E-state index contributed by atoms with van der Waals surface area (Å²) >= 11 is 0. The number of aromatic amines is 1. The van der Waals surface area contributed by atoms with Gasteiger partial charge in [0.2, 0.25) is 5.91 Å². The van der Waals surface area contributed by atoms with Crippen molar-refractivity contribution in [2.45, 2.75) is 51.9 Å². The summed E-state index contributed by atoms with van der Waals surface area (Å²) in [5.74, 6) is -5.65. The summed E-state index contributed by atoms with van der Waals surface area (Å²) in [4.78, 5) is 12.1. The molecule has 7 heteroatoms. The number of nitrogens with one attached hydrogen (secondary N) is 1. The van der Waals surface area contributed by atoms with Crippen LogP contribution in [0.4, 0.5) is 13.2 Å². The van der Waals surface area contributed by atoms with Crippen molar-refractivity contribution in [1.82, 2.24) is 10.2 Å². The molecule has 0 saturated heterocycles. The lowest BCUT2D eigenvalue weighted by Gasteiger charge is -2.19.